The van der Waals surface area contributed by atoms with Crippen molar-refractivity contribution < 1.29 is 4.39 Å². The summed E-state index contributed by atoms with van der Waals surface area (Å²) in [5.74, 6) is -0.446. The number of aryl methyl sites for hydroxylation is 1. The molecule has 1 aliphatic heterocycles. The number of anilines is 1. The second-order valence-electron chi connectivity index (χ2n) is 5.37. The molecule has 0 spiro atoms. The Morgan fingerprint density at radius 3 is 2.86 bits per heavy atom. The number of fused-ring (bicyclic) bond motifs is 1. The van der Waals surface area contributed by atoms with Crippen LogP contribution in [0, 0.1) is 11.2 Å². The number of benzene rings is 2. The first-order valence-corrected chi connectivity index (χ1v) is 7.11. The molecule has 4 heteroatoms. The van der Waals surface area contributed by atoms with Gasteiger partial charge in [0.25, 0.3) is 0 Å². The molecule has 0 fully saturated rings. The van der Waals surface area contributed by atoms with Crippen molar-refractivity contribution in [3.05, 3.63) is 65.0 Å². The zero-order valence-corrected chi connectivity index (χ0v) is 11.8. The van der Waals surface area contributed by atoms with Crippen molar-refractivity contribution in [3.8, 4) is 0 Å². The van der Waals surface area contributed by atoms with Gasteiger partial charge in [0.05, 0.1) is 0 Å². The Morgan fingerprint density at radius 1 is 1.24 bits per heavy atom. The van der Waals surface area contributed by atoms with Gasteiger partial charge in [0.15, 0.2) is 0 Å². The Hall–Kier alpha value is -2.36. The van der Waals surface area contributed by atoms with E-state index >= 15 is 0 Å². The lowest BCUT2D eigenvalue weighted by Gasteiger charge is -2.31. The quantitative estimate of drug-likeness (QED) is 0.672. The van der Waals surface area contributed by atoms with Crippen LogP contribution in [0.15, 0.2) is 42.5 Å². The number of para-hydroxylation sites is 1. The summed E-state index contributed by atoms with van der Waals surface area (Å²) in [6.07, 6.45) is 2.20. The summed E-state index contributed by atoms with van der Waals surface area (Å²) >= 11 is 0. The van der Waals surface area contributed by atoms with Gasteiger partial charge in [-0.1, -0.05) is 24.3 Å². The van der Waals surface area contributed by atoms with Gasteiger partial charge in [-0.3, -0.25) is 5.41 Å². The number of nitrogens with zero attached hydrogens (tertiary/aromatic N) is 1. The van der Waals surface area contributed by atoms with Crippen LogP contribution >= 0.6 is 0 Å². The Morgan fingerprint density at radius 2 is 2.05 bits per heavy atom. The number of amidine groups is 1. The standard InChI is InChI=1S/C17H18FN3/c18-14-8-7-13(15(10-14)17(19)20)11-21-9-3-5-12-4-1-2-6-16(12)21/h1-2,4,6-8,10H,3,5,9,11H2,(H3,19,20). The predicted octanol–water partition coefficient (Wildman–Crippen LogP) is 3.06. The first-order valence-electron chi connectivity index (χ1n) is 7.11. The fourth-order valence-electron chi connectivity index (χ4n) is 2.92. The molecule has 3 rings (SSSR count). The van der Waals surface area contributed by atoms with E-state index in [2.05, 4.69) is 23.1 Å². The molecular formula is C17H18FN3. The van der Waals surface area contributed by atoms with Crippen LogP contribution in [0.4, 0.5) is 10.1 Å². The van der Waals surface area contributed by atoms with Gasteiger partial charge in [-0.2, -0.15) is 0 Å². The lowest BCUT2D eigenvalue weighted by Crippen LogP contribution is -2.30. The molecule has 0 bridgehead atoms. The molecule has 108 valence electrons. The first-order chi connectivity index (χ1) is 10.1. The lowest BCUT2D eigenvalue weighted by molar-refractivity contribution is 0.625. The molecule has 0 radical (unpaired) electrons. The zero-order chi connectivity index (χ0) is 14.8. The van der Waals surface area contributed by atoms with Gasteiger partial charge in [0.2, 0.25) is 0 Å². The molecule has 0 aliphatic carbocycles. The van der Waals surface area contributed by atoms with Crippen molar-refractivity contribution in [2.75, 3.05) is 11.4 Å². The molecule has 0 amide bonds. The molecule has 2 aromatic carbocycles. The second-order valence-corrected chi connectivity index (χ2v) is 5.37. The molecule has 0 atom stereocenters. The molecule has 3 N–H and O–H groups in total. The molecule has 0 aromatic heterocycles. The largest absolute Gasteiger partial charge is 0.384 e. The van der Waals surface area contributed by atoms with Crippen LogP contribution in [-0.4, -0.2) is 12.4 Å². The minimum atomic E-state index is -0.358. The Balaban J connectivity index is 1.93. The SMILES string of the molecule is N=C(N)c1cc(F)ccc1CN1CCCc2ccccc21. The van der Waals surface area contributed by atoms with E-state index in [0.717, 1.165) is 24.9 Å². The fourth-order valence-corrected chi connectivity index (χ4v) is 2.92. The molecule has 1 aliphatic rings. The Bertz CT molecular complexity index is 681. The maximum Gasteiger partial charge on any atom is 0.123 e. The monoisotopic (exact) mass is 283 g/mol. The third kappa shape index (κ3) is 2.75. The van der Waals surface area contributed by atoms with E-state index in [0.29, 0.717) is 12.1 Å². The third-order valence-corrected chi connectivity index (χ3v) is 3.93. The van der Waals surface area contributed by atoms with Crippen LogP contribution in [0.25, 0.3) is 0 Å². The summed E-state index contributed by atoms with van der Waals surface area (Å²) in [6, 6.07) is 12.9. The molecule has 0 saturated carbocycles. The van der Waals surface area contributed by atoms with E-state index in [1.165, 1.54) is 23.4 Å². The lowest BCUT2D eigenvalue weighted by atomic mass is 9.99. The average molecular weight is 283 g/mol. The van der Waals surface area contributed by atoms with Crippen molar-refractivity contribution in [3.63, 3.8) is 0 Å². The number of halogens is 1. The second kappa shape index (κ2) is 5.56. The first kappa shape index (κ1) is 13.6. The average Bonchev–Trinajstić information content (AvgIpc) is 2.49. The van der Waals surface area contributed by atoms with Gasteiger partial charge >= 0.3 is 0 Å². The molecule has 0 unspecified atom stereocenters. The minimum absolute atomic E-state index is 0.0882. The van der Waals surface area contributed by atoms with Gasteiger partial charge in [0, 0.05) is 24.3 Å². The highest BCUT2D eigenvalue weighted by molar-refractivity contribution is 5.96. The zero-order valence-electron chi connectivity index (χ0n) is 11.8. The molecule has 1 heterocycles. The fraction of sp³-hybridized carbons (Fsp3) is 0.235. The van der Waals surface area contributed by atoms with Crippen molar-refractivity contribution in [2.24, 2.45) is 5.73 Å². The van der Waals surface area contributed by atoms with Gasteiger partial charge in [-0.05, 0) is 42.2 Å². The van der Waals surface area contributed by atoms with Crippen molar-refractivity contribution in [2.45, 2.75) is 19.4 Å². The van der Waals surface area contributed by atoms with Crippen LogP contribution in [0.2, 0.25) is 0 Å². The molecule has 0 saturated heterocycles. The highest BCUT2D eigenvalue weighted by Gasteiger charge is 2.18. The van der Waals surface area contributed by atoms with E-state index in [-0.39, 0.29) is 11.7 Å². The van der Waals surface area contributed by atoms with Crippen LogP contribution < -0.4 is 10.6 Å². The summed E-state index contributed by atoms with van der Waals surface area (Å²) in [6.45, 7) is 1.61. The molecule has 21 heavy (non-hydrogen) atoms. The van der Waals surface area contributed by atoms with E-state index in [9.17, 15) is 4.39 Å². The summed E-state index contributed by atoms with van der Waals surface area (Å²) in [5.41, 5.74) is 9.52. The highest BCUT2D eigenvalue weighted by atomic mass is 19.1. The Kier molecular flexibility index (Phi) is 3.60. The van der Waals surface area contributed by atoms with E-state index in [1.807, 2.05) is 6.07 Å². The topological polar surface area (TPSA) is 53.1 Å². The number of nitrogens with two attached hydrogens (primary N) is 1. The summed E-state index contributed by atoms with van der Waals surface area (Å²) < 4.78 is 13.4. The molecule has 3 nitrogen and oxygen atoms in total. The smallest absolute Gasteiger partial charge is 0.123 e. The van der Waals surface area contributed by atoms with Crippen LogP contribution in [-0.2, 0) is 13.0 Å². The van der Waals surface area contributed by atoms with Gasteiger partial charge in [-0.15, -0.1) is 0 Å². The maximum absolute atomic E-state index is 13.4. The van der Waals surface area contributed by atoms with Crippen molar-refractivity contribution in [1.82, 2.24) is 0 Å². The Labute approximate surface area is 123 Å². The van der Waals surface area contributed by atoms with E-state index in [4.69, 9.17) is 11.1 Å². The normalized spacial score (nSPS) is 13.9. The van der Waals surface area contributed by atoms with Gasteiger partial charge < -0.3 is 10.6 Å². The number of rotatable bonds is 3. The van der Waals surface area contributed by atoms with E-state index in [1.54, 1.807) is 6.07 Å². The number of hydrogen-bond acceptors (Lipinski definition) is 2. The summed E-state index contributed by atoms with van der Waals surface area (Å²) in [4.78, 5) is 2.28. The van der Waals surface area contributed by atoms with Crippen LogP contribution in [0.1, 0.15) is 23.1 Å². The highest BCUT2D eigenvalue weighted by Crippen LogP contribution is 2.28. The van der Waals surface area contributed by atoms with Crippen molar-refractivity contribution >= 4 is 11.5 Å². The number of nitrogens with one attached hydrogen (secondary N) is 1. The number of nitrogen functional groups attached to an aromatic ring is 1. The van der Waals surface area contributed by atoms with Crippen LogP contribution in [0.3, 0.4) is 0 Å². The van der Waals surface area contributed by atoms with Crippen molar-refractivity contribution in [1.29, 1.82) is 5.41 Å². The maximum atomic E-state index is 13.4. The minimum Gasteiger partial charge on any atom is -0.384 e. The molecular weight excluding hydrogens is 265 g/mol. The van der Waals surface area contributed by atoms with Gasteiger partial charge in [0.1, 0.15) is 11.7 Å². The summed E-state index contributed by atoms with van der Waals surface area (Å²) in [5, 5.41) is 7.63. The van der Waals surface area contributed by atoms with E-state index < -0.39 is 0 Å². The molecule has 2 aromatic rings. The predicted molar refractivity (Wildman–Crippen MR) is 83.2 cm³/mol. The third-order valence-electron chi connectivity index (χ3n) is 3.93. The number of hydrogen-bond donors (Lipinski definition) is 2. The summed E-state index contributed by atoms with van der Waals surface area (Å²) in [7, 11) is 0. The van der Waals surface area contributed by atoms with Gasteiger partial charge in [-0.25, -0.2) is 4.39 Å². The van der Waals surface area contributed by atoms with Crippen LogP contribution in [0.5, 0.6) is 0 Å².